The Labute approximate surface area is 130 Å². The number of aryl methyl sites for hydroxylation is 1. The second kappa shape index (κ2) is 8.77. The highest BCUT2D eigenvalue weighted by Crippen LogP contribution is 2.16. The van der Waals surface area contributed by atoms with E-state index >= 15 is 0 Å². The maximum atomic E-state index is 5.81. The summed E-state index contributed by atoms with van der Waals surface area (Å²) < 4.78 is 10.8. The molecular formula is C16H22N2O2S. The van der Waals surface area contributed by atoms with Crippen LogP contribution < -0.4 is 10.1 Å². The first-order valence-corrected chi connectivity index (χ1v) is 8.04. The van der Waals surface area contributed by atoms with E-state index in [0.29, 0.717) is 6.61 Å². The summed E-state index contributed by atoms with van der Waals surface area (Å²) in [7, 11) is 1.71. The number of ether oxygens (including phenoxy) is 2. The normalized spacial score (nSPS) is 10.8. The third kappa shape index (κ3) is 5.46. The maximum Gasteiger partial charge on any atom is 0.131 e. The Bertz CT molecular complexity index is 543. The van der Waals surface area contributed by atoms with E-state index in [0.717, 1.165) is 42.6 Å². The Balaban J connectivity index is 1.82. The molecule has 0 fully saturated rings. The molecule has 0 amide bonds. The largest absolute Gasteiger partial charge is 0.487 e. The molecule has 5 heteroatoms. The van der Waals surface area contributed by atoms with Gasteiger partial charge in [0.05, 0.1) is 17.3 Å². The van der Waals surface area contributed by atoms with Crippen molar-refractivity contribution >= 4 is 11.3 Å². The fraction of sp³-hybridized carbons (Fsp3) is 0.438. The fourth-order valence-electron chi connectivity index (χ4n) is 1.89. The molecule has 1 aromatic heterocycles. The van der Waals surface area contributed by atoms with Crippen molar-refractivity contribution in [1.82, 2.24) is 10.3 Å². The zero-order valence-electron chi connectivity index (χ0n) is 12.6. The van der Waals surface area contributed by atoms with E-state index in [1.54, 1.807) is 18.4 Å². The average molecular weight is 306 g/mol. The molecule has 21 heavy (non-hydrogen) atoms. The number of nitrogens with one attached hydrogen (secondary N) is 1. The third-order valence-electron chi connectivity index (χ3n) is 3.00. The van der Waals surface area contributed by atoms with E-state index in [9.17, 15) is 0 Å². The quantitative estimate of drug-likeness (QED) is 0.723. The van der Waals surface area contributed by atoms with Gasteiger partial charge in [-0.2, -0.15) is 0 Å². The summed E-state index contributed by atoms with van der Waals surface area (Å²) in [4.78, 5) is 4.50. The van der Waals surface area contributed by atoms with E-state index in [2.05, 4.69) is 34.7 Å². The predicted octanol–water partition coefficient (Wildman–Crippen LogP) is 3.02. The van der Waals surface area contributed by atoms with E-state index in [1.807, 2.05) is 12.1 Å². The number of thiazole rings is 1. The summed E-state index contributed by atoms with van der Waals surface area (Å²) in [6.07, 6.45) is 0.979. The van der Waals surface area contributed by atoms with Gasteiger partial charge in [-0.15, -0.1) is 11.3 Å². The van der Waals surface area contributed by atoms with Crippen LogP contribution in [-0.4, -0.2) is 25.2 Å². The molecule has 2 rings (SSSR count). The van der Waals surface area contributed by atoms with Crippen LogP contribution in [0.2, 0.25) is 0 Å². The van der Waals surface area contributed by atoms with Crippen LogP contribution in [0.1, 0.15) is 23.2 Å². The van der Waals surface area contributed by atoms with Gasteiger partial charge in [-0.3, -0.25) is 0 Å². The summed E-state index contributed by atoms with van der Waals surface area (Å²) in [5, 5.41) is 6.54. The second-order valence-corrected chi connectivity index (χ2v) is 5.63. The Morgan fingerprint density at radius 1 is 1.33 bits per heavy atom. The molecular weight excluding hydrogens is 284 g/mol. The number of methoxy groups -OCH3 is 1. The molecule has 0 aliphatic carbocycles. The summed E-state index contributed by atoms with van der Waals surface area (Å²) in [5.74, 6) is 0.882. The van der Waals surface area contributed by atoms with Crippen molar-refractivity contribution in [2.75, 3.05) is 20.3 Å². The molecule has 0 spiro atoms. The van der Waals surface area contributed by atoms with Crippen LogP contribution in [-0.2, 0) is 24.3 Å². The van der Waals surface area contributed by atoms with Gasteiger partial charge in [0, 0.05) is 25.6 Å². The van der Waals surface area contributed by atoms with Gasteiger partial charge in [0.25, 0.3) is 0 Å². The lowest BCUT2D eigenvalue weighted by atomic mass is 10.2. The van der Waals surface area contributed by atoms with Crippen molar-refractivity contribution in [3.63, 3.8) is 0 Å². The number of hydrogen-bond acceptors (Lipinski definition) is 5. The number of nitrogens with zero attached hydrogens (tertiary/aromatic N) is 1. The van der Waals surface area contributed by atoms with Crippen LogP contribution in [0.4, 0.5) is 0 Å². The highest BCUT2D eigenvalue weighted by atomic mass is 32.1. The first kappa shape index (κ1) is 15.9. The van der Waals surface area contributed by atoms with Gasteiger partial charge in [0.15, 0.2) is 0 Å². The summed E-state index contributed by atoms with van der Waals surface area (Å²) in [6.45, 7) is 5.03. The third-order valence-corrected chi connectivity index (χ3v) is 4.04. The van der Waals surface area contributed by atoms with Crippen molar-refractivity contribution in [3.8, 4) is 5.75 Å². The van der Waals surface area contributed by atoms with Gasteiger partial charge in [0.1, 0.15) is 12.4 Å². The van der Waals surface area contributed by atoms with Crippen molar-refractivity contribution < 1.29 is 9.47 Å². The first-order chi connectivity index (χ1) is 10.3. The molecule has 0 unspecified atom stereocenters. The Hall–Kier alpha value is -1.43. The summed E-state index contributed by atoms with van der Waals surface area (Å²) >= 11 is 1.69. The molecule has 0 bridgehead atoms. The van der Waals surface area contributed by atoms with Crippen molar-refractivity contribution in [2.45, 2.75) is 26.5 Å². The Morgan fingerprint density at radius 2 is 2.24 bits per heavy atom. The summed E-state index contributed by atoms with van der Waals surface area (Å²) in [5.41, 5.74) is 2.21. The zero-order chi connectivity index (χ0) is 14.9. The van der Waals surface area contributed by atoms with Crippen LogP contribution in [0.3, 0.4) is 0 Å². The van der Waals surface area contributed by atoms with Gasteiger partial charge in [-0.1, -0.05) is 19.1 Å². The Morgan fingerprint density at radius 3 is 3.00 bits per heavy atom. The molecule has 4 nitrogen and oxygen atoms in total. The maximum absolute atomic E-state index is 5.81. The SMILES string of the molecule is CCc1nc(COc2cccc(CNCCOC)c2)cs1. The second-order valence-electron chi connectivity index (χ2n) is 4.69. The van der Waals surface area contributed by atoms with Crippen molar-refractivity contribution in [2.24, 2.45) is 0 Å². The standard InChI is InChI=1S/C16H22N2O2S/c1-3-16-18-14(12-21-16)11-20-15-6-4-5-13(9-15)10-17-7-8-19-2/h4-6,9,12,17H,3,7-8,10-11H2,1-2H3. The topological polar surface area (TPSA) is 43.4 Å². The highest BCUT2D eigenvalue weighted by molar-refractivity contribution is 7.09. The van der Waals surface area contributed by atoms with Gasteiger partial charge in [0.2, 0.25) is 0 Å². The minimum absolute atomic E-state index is 0.525. The molecule has 0 aliphatic heterocycles. The van der Waals surface area contributed by atoms with Gasteiger partial charge >= 0.3 is 0 Å². The number of aromatic nitrogens is 1. The molecule has 0 saturated heterocycles. The van der Waals surface area contributed by atoms with Gasteiger partial charge in [-0.25, -0.2) is 4.98 Å². The molecule has 0 aliphatic rings. The monoisotopic (exact) mass is 306 g/mol. The Kier molecular flexibility index (Phi) is 6.66. The predicted molar refractivity (Wildman–Crippen MR) is 85.8 cm³/mol. The van der Waals surface area contributed by atoms with Crippen LogP contribution in [0.5, 0.6) is 5.75 Å². The minimum Gasteiger partial charge on any atom is -0.487 e. The van der Waals surface area contributed by atoms with E-state index in [4.69, 9.17) is 9.47 Å². The van der Waals surface area contributed by atoms with Crippen molar-refractivity contribution in [3.05, 3.63) is 45.9 Å². The van der Waals surface area contributed by atoms with Gasteiger partial charge < -0.3 is 14.8 Å². The number of benzene rings is 1. The van der Waals surface area contributed by atoms with Crippen LogP contribution in [0, 0.1) is 0 Å². The van der Waals surface area contributed by atoms with E-state index < -0.39 is 0 Å². The minimum atomic E-state index is 0.525. The first-order valence-electron chi connectivity index (χ1n) is 7.16. The molecule has 0 radical (unpaired) electrons. The van der Waals surface area contributed by atoms with Gasteiger partial charge in [-0.05, 0) is 24.1 Å². The lowest BCUT2D eigenvalue weighted by Gasteiger charge is -2.08. The molecule has 2 aromatic rings. The molecule has 1 aromatic carbocycles. The van der Waals surface area contributed by atoms with E-state index in [-0.39, 0.29) is 0 Å². The lowest BCUT2D eigenvalue weighted by Crippen LogP contribution is -2.18. The lowest BCUT2D eigenvalue weighted by molar-refractivity contribution is 0.199. The highest BCUT2D eigenvalue weighted by Gasteiger charge is 2.02. The number of rotatable bonds is 9. The van der Waals surface area contributed by atoms with Crippen LogP contribution in [0.15, 0.2) is 29.6 Å². The molecule has 0 saturated carbocycles. The molecule has 114 valence electrons. The van der Waals surface area contributed by atoms with E-state index in [1.165, 1.54) is 5.56 Å². The molecule has 0 atom stereocenters. The summed E-state index contributed by atoms with van der Waals surface area (Å²) in [6, 6.07) is 8.14. The van der Waals surface area contributed by atoms with Crippen LogP contribution in [0.25, 0.3) is 0 Å². The molecule has 1 heterocycles. The zero-order valence-corrected chi connectivity index (χ0v) is 13.4. The fourth-order valence-corrected chi connectivity index (χ4v) is 2.62. The van der Waals surface area contributed by atoms with Crippen LogP contribution >= 0.6 is 11.3 Å². The van der Waals surface area contributed by atoms with Crippen molar-refractivity contribution in [1.29, 1.82) is 0 Å². The number of hydrogen-bond donors (Lipinski definition) is 1. The average Bonchev–Trinajstić information content (AvgIpc) is 2.98. The smallest absolute Gasteiger partial charge is 0.131 e. The molecule has 1 N–H and O–H groups in total.